The number of nitrogens with zero attached hydrogens (tertiary/aromatic N) is 1. The van der Waals surface area contributed by atoms with Crippen LogP contribution in [0.25, 0.3) is 0 Å². The highest BCUT2D eigenvalue weighted by Gasteiger charge is 2.10. The van der Waals surface area contributed by atoms with Crippen molar-refractivity contribution in [1.82, 2.24) is 10.6 Å². The molecule has 1 rings (SSSR count). The van der Waals surface area contributed by atoms with E-state index in [0.29, 0.717) is 0 Å². The van der Waals surface area contributed by atoms with Crippen LogP contribution < -0.4 is 11.2 Å². The van der Waals surface area contributed by atoms with Crippen LogP contribution in [0, 0.1) is 0 Å². The van der Waals surface area contributed by atoms with Gasteiger partial charge < -0.3 is 15.4 Å². The molecule has 82 valence electrons. The number of carboxylic acid groups (broad SMARTS) is 1. The van der Waals surface area contributed by atoms with Crippen LogP contribution in [0.2, 0.25) is 0 Å². The third kappa shape index (κ3) is 3.75. The van der Waals surface area contributed by atoms with Crippen molar-refractivity contribution in [3.63, 3.8) is 0 Å². The van der Waals surface area contributed by atoms with Crippen molar-refractivity contribution in [3.05, 3.63) is 17.5 Å². The fourth-order valence-corrected chi connectivity index (χ4v) is 0.741. The Morgan fingerprint density at radius 2 is 2.40 bits per heavy atom. The summed E-state index contributed by atoms with van der Waals surface area (Å²) < 4.78 is 4.64. The van der Waals surface area contributed by atoms with Gasteiger partial charge in [0.15, 0.2) is 11.5 Å². The van der Waals surface area contributed by atoms with Gasteiger partial charge in [-0.25, -0.2) is 4.79 Å². The van der Waals surface area contributed by atoms with Gasteiger partial charge in [-0.05, 0) is 0 Å². The first-order valence-corrected chi connectivity index (χ1v) is 3.91. The normalized spacial score (nSPS) is 10.1. The molecule has 0 aliphatic heterocycles. The lowest BCUT2D eigenvalue weighted by Crippen LogP contribution is -2.24. The van der Waals surface area contributed by atoms with Gasteiger partial charge in [-0.3, -0.25) is 9.63 Å². The molecule has 1 aromatic heterocycles. The van der Waals surface area contributed by atoms with E-state index in [1.165, 1.54) is 6.07 Å². The predicted molar refractivity (Wildman–Crippen MR) is 45.4 cm³/mol. The Balaban J connectivity index is 2.31. The molecule has 0 atom stereocenters. The first kappa shape index (κ1) is 11.1. The van der Waals surface area contributed by atoms with Crippen molar-refractivity contribution >= 4 is 11.9 Å². The zero-order valence-corrected chi connectivity index (χ0v) is 7.60. The van der Waals surface area contributed by atoms with Crippen LogP contribution in [0.3, 0.4) is 0 Å². The molecule has 0 unspecified atom stereocenters. The zero-order chi connectivity index (χ0) is 11.3. The standard InChI is InChI=1S/C7H9N3O5/c8-6(11)3-14-9-2-4-1-5(7(12)13)10-15-4/h1,9H,2-3H2,(H2,8,11)(H,12,13). The van der Waals surface area contributed by atoms with Crippen LogP contribution in [0.4, 0.5) is 0 Å². The maximum absolute atomic E-state index is 10.4. The molecular formula is C7H9N3O5. The molecule has 0 fully saturated rings. The van der Waals surface area contributed by atoms with Crippen molar-refractivity contribution in [3.8, 4) is 0 Å². The summed E-state index contributed by atoms with van der Waals surface area (Å²) >= 11 is 0. The number of carbonyl (C=O) groups is 2. The Bertz CT molecular complexity index is 361. The number of nitrogens with one attached hydrogen (secondary N) is 1. The number of hydrogen-bond donors (Lipinski definition) is 3. The van der Waals surface area contributed by atoms with E-state index in [0.717, 1.165) is 0 Å². The summed E-state index contributed by atoms with van der Waals surface area (Å²) in [6.07, 6.45) is 0. The lowest BCUT2D eigenvalue weighted by molar-refractivity contribution is -0.125. The number of rotatable bonds is 6. The lowest BCUT2D eigenvalue weighted by atomic mass is 10.4. The molecule has 0 bridgehead atoms. The second-order valence-corrected chi connectivity index (χ2v) is 2.56. The van der Waals surface area contributed by atoms with Crippen molar-refractivity contribution < 1.29 is 24.1 Å². The van der Waals surface area contributed by atoms with E-state index in [-0.39, 0.29) is 24.6 Å². The lowest BCUT2D eigenvalue weighted by Gasteiger charge is -1.99. The van der Waals surface area contributed by atoms with Crippen molar-refractivity contribution in [2.45, 2.75) is 6.54 Å². The van der Waals surface area contributed by atoms with E-state index in [4.69, 9.17) is 10.8 Å². The van der Waals surface area contributed by atoms with E-state index in [2.05, 4.69) is 20.0 Å². The molecular weight excluding hydrogens is 206 g/mol. The largest absolute Gasteiger partial charge is 0.476 e. The first-order chi connectivity index (χ1) is 7.09. The van der Waals surface area contributed by atoms with Gasteiger partial charge in [-0.15, -0.1) is 0 Å². The van der Waals surface area contributed by atoms with Crippen molar-refractivity contribution in [1.29, 1.82) is 0 Å². The SMILES string of the molecule is NC(=O)CONCc1cc(C(=O)O)no1. The fourth-order valence-electron chi connectivity index (χ4n) is 0.741. The minimum Gasteiger partial charge on any atom is -0.476 e. The molecule has 8 nitrogen and oxygen atoms in total. The number of carboxylic acids is 1. The first-order valence-electron chi connectivity index (χ1n) is 3.91. The Morgan fingerprint density at radius 1 is 1.67 bits per heavy atom. The molecule has 0 aliphatic carbocycles. The van der Waals surface area contributed by atoms with Crippen LogP contribution in [0.1, 0.15) is 16.2 Å². The van der Waals surface area contributed by atoms with Gasteiger partial charge in [0.1, 0.15) is 6.61 Å². The van der Waals surface area contributed by atoms with Crippen LogP contribution in [0.15, 0.2) is 10.6 Å². The zero-order valence-electron chi connectivity index (χ0n) is 7.60. The fraction of sp³-hybridized carbons (Fsp3) is 0.286. The maximum atomic E-state index is 10.4. The predicted octanol–water partition coefficient (Wildman–Crippen LogP) is -1.12. The Labute approximate surface area is 83.9 Å². The number of nitrogens with two attached hydrogens (primary N) is 1. The number of hydrogen-bond acceptors (Lipinski definition) is 6. The summed E-state index contributed by atoms with van der Waals surface area (Å²) in [6.45, 7) is -0.187. The average molecular weight is 215 g/mol. The van der Waals surface area contributed by atoms with Crippen LogP contribution in [-0.4, -0.2) is 28.7 Å². The Hall–Kier alpha value is -1.93. The van der Waals surface area contributed by atoms with Crippen LogP contribution in [-0.2, 0) is 16.2 Å². The topological polar surface area (TPSA) is 128 Å². The highest BCUT2D eigenvalue weighted by Crippen LogP contribution is 2.02. The summed E-state index contributed by atoms with van der Waals surface area (Å²) in [4.78, 5) is 25.3. The number of hydroxylamine groups is 1. The molecule has 1 heterocycles. The van der Waals surface area contributed by atoms with Gasteiger partial charge in [0.25, 0.3) is 0 Å². The minimum absolute atomic E-state index is 0.0908. The molecule has 0 aromatic carbocycles. The number of carbonyl (C=O) groups excluding carboxylic acids is 1. The Morgan fingerprint density at radius 3 is 2.93 bits per heavy atom. The van der Waals surface area contributed by atoms with E-state index < -0.39 is 11.9 Å². The molecule has 4 N–H and O–H groups in total. The van der Waals surface area contributed by atoms with Gasteiger partial charge in [-0.1, -0.05) is 5.16 Å². The van der Waals surface area contributed by atoms with Crippen LogP contribution in [0.5, 0.6) is 0 Å². The molecule has 8 heteroatoms. The van der Waals surface area contributed by atoms with Gasteiger partial charge in [-0.2, -0.15) is 5.48 Å². The maximum Gasteiger partial charge on any atom is 0.358 e. The van der Waals surface area contributed by atoms with E-state index >= 15 is 0 Å². The summed E-state index contributed by atoms with van der Waals surface area (Å²) in [7, 11) is 0. The van der Waals surface area contributed by atoms with Crippen LogP contribution >= 0.6 is 0 Å². The molecule has 1 amide bonds. The molecule has 0 aliphatic rings. The van der Waals surface area contributed by atoms with Crippen molar-refractivity contribution in [2.75, 3.05) is 6.61 Å². The third-order valence-electron chi connectivity index (χ3n) is 1.34. The number of amides is 1. The quantitative estimate of drug-likeness (QED) is 0.405. The van der Waals surface area contributed by atoms with Gasteiger partial charge in [0.2, 0.25) is 5.91 Å². The molecule has 0 saturated carbocycles. The van der Waals surface area contributed by atoms with Gasteiger partial charge in [0.05, 0.1) is 6.54 Å². The Kier molecular flexibility index (Phi) is 3.77. The number of primary amides is 1. The third-order valence-corrected chi connectivity index (χ3v) is 1.34. The van der Waals surface area contributed by atoms with E-state index in [1.807, 2.05) is 0 Å². The highest BCUT2D eigenvalue weighted by molar-refractivity contribution is 5.85. The summed E-state index contributed by atoms with van der Waals surface area (Å²) in [5.41, 5.74) is 6.96. The van der Waals surface area contributed by atoms with Gasteiger partial charge in [0, 0.05) is 6.07 Å². The molecule has 1 aromatic rings. The minimum atomic E-state index is -1.18. The average Bonchev–Trinajstić information content (AvgIpc) is 2.60. The molecule has 0 spiro atoms. The van der Waals surface area contributed by atoms with Gasteiger partial charge >= 0.3 is 5.97 Å². The number of aromatic carboxylic acids is 1. The van der Waals surface area contributed by atoms with Crippen molar-refractivity contribution in [2.24, 2.45) is 5.73 Å². The molecule has 15 heavy (non-hydrogen) atoms. The van der Waals surface area contributed by atoms with E-state index in [9.17, 15) is 9.59 Å². The second kappa shape index (κ2) is 5.08. The summed E-state index contributed by atoms with van der Waals surface area (Å²) in [5, 5.41) is 11.8. The monoisotopic (exact) mass is 215 g/mol. The summed E-state index contributed by atoms with van der Waals surface area (Å²) in [6, 6.07) is 1.24. The summed E-state index contributed by atoms with van der Waals surface area (Å²) in [5.74, 6) is -1.52. The smallest absolute Gasteiger partial charge is 0.358 e. The highest BCUT2D eigenvalue weighted by atomic mass is 16.6. The number of aromatic nitrogens is 1. The van der Waals surface area contributed by atoms with E-state index in [1.54, 1.807) is 0 Å². The molecule has 0 saturated heterocycles. The molecule has 0 radical (unpaired) electrons. The second-order valence-electron chi connectivity index (χ2n) is 2.56.